The number of aryl methyl sites for hydroxylation is 1. The number of halogens is 1. The number of amides is 1. The molecule has 2 rings (SSSR count). The molecule has 2 N–H and O–H groups in total. The summed E-state index contributed by atoms with van der Waals surface area (Å²) in [6, 6.07) is 6.58. The van der Waals surface area contributed by atoms with E-state index in [1.807, 2.05) is 13.0 Å². The number of nitrogens with zero attached hydrogens (tertiary/aromatic N) is 1. The number of nitro groups is 1. The highest BCUT2D eigenvalue weighted by Crippen LogP contribution is 2.21. The third-order valence-corrected chi connectivity index (χ3v) is 3.41. The largest absolute Gasteiger partial charge is 0.351 e. The molecular formula is C12H10BrN3O3. The molecular weight excluding hydrogens is 314 g/mol. The van der Waals surface area contributed by atoms with Crippen LogP contribution in [0.3, 0.4) is 0 Å². The molecule has 2 aromatic rings. The zero-order chi connectivity index (χ0) is 14.0. The van der Waals surface area contributed by atoms with Gasteiger partial charge in [0.1, 0.15) is 5.69 Å². The Bertz CT molecular complexity index is 651. The van der Waals surface area contributed by atoms with Crippen LogP contribution in [0.15, 0.2) is 34.9 Å². The summed E-state index contributed by atoms with van der Waals surface area (Å²) >= 11 is 3.37. The van der Waals surface area contributed by atoms with Gasteiger partial charge in [0, 0.05) is 16.2 Å². The molecule has 0 bridgehead atoms. The predicted molar refractivity (Wildman–Crippen MR) is 74.3 cm³/mol. The molecule has 98 valence electrons. The lowest BCUT2D eigenvalue weighted by atomic mass is 10.2. The first kappa shape index (κ1) is 13.3. The highest BCUT2D eigenvalue weighted by molar-refractivity contribution is 9.10. The van der Waals surface area contributed by atoms with E-state index in [-0.39, 0.29) is 11.4 Å². The first-order valence-corrected chi connectivity index (χ1v) is 6.17. The number of rotatable bonds is 3. The van der Waals surface area contributed by atoms with Crippen LogP contribution in [0.2, 0.25) is 0 Å². The minimum absolute atomic E-state index is 0.142. The topological polar surface area (TPSA) is 88.0 Å². The van der Waals surface area contributed by atoms with Crippen molar-refractivity contribution < 1.29 is 9.72 Å². The lowest BCUT2D eigenvalue weighted by Gasteiger charge is -2.05. The summed E-state index contributed by atoms with van der Waals surface area (Å²) in [5.41, 5.74) is 1.66. The van der Waals surface area contributed by atoms with E-state index in [2.05, 4.69) is 26.2 Å². The van der Waals surface area contributed by atoms with Gasteiger partial charge in [-0.2, -0.15) is 0 Å². The molecule has 19 heavy (non-hydrogen) atoms. The maximum atomic E-state index is 11.9. The lowest BCUT2D eigenvalue weighted by Crippen LogP contribution is -2.12. The maximum absolute atomic E-state index is 11.9. The van der Waals surface area contributed by atoms with Crippen LogP contribution in [0.4, 0.5) is 11.4 Å². The van der Waals surface area contributed by atoms with Gasteiger partial charge in [-0.3, -0.25) is 14.9 Å². The van der Waals surface area contributed by atoms with Gasteiger partial charge in [-0.05, 0) is 24.6 Å². The summed E-state index contributed by atoms with van der Waals surface area (Å²) in [5, 5.41) is 13.2. The minimum Gasteiger partial charge on any atom is -0.351 e. The second-order valence-corrected chi connectivity index (χ2v) is 4.80. The first-order valence-electron chi connectivity index (χ1n) is 5.37. The number of aromatic nitrogens is 1. The average Bonchev–Trinajstić information content (AvgIpc) is 2.83. The van der Waals surface area contributed by atoms with E-state index >= 15 is 0 Å². The third-order valence-electron chi connectivity index (χ3n) is 2.55. The van der Waals surface area contributed by atoms with Crippen LogP contribution < -0.4 is 5.32 Å². The number of H-pyrrole nitrogens is 1. The average molecular weight is 324 g/mol. The molecule has 0 unspecified atom stereocenters. The van der Waals surface area contributed by atoms with Crippen molar-refractivity contribution in [3.05, 3.63) is 56.3 Å². The number of benzene rings is 1. The van der Waals surface area contributed by atoms with Crippen molar-refractivity contribution in [2.45, 2.75) is 6.92 Å². The molecule has 0 fully saturated rings. The van der Waals surface area contributed by atoms with Gasteiger partial charge < -0.3 is 10.3 Å². The molecule has 1 aromatic carbocycles. The number of nitrogens with one attached hydrogen (secondary N) is 2. The van der Waals surface area contributed by atoms with Crippen LogP contribution in [0.5, 0.6) is 0 Å². The molecule has 0 radical (unpaired) electrons. The van der Waals surface area contributed by atoms with Gasteiger partial charge >= 0.3 is 0 Å². The zero-order valence-corrected chi connectivity index (χ0v) is 11.5. The second-order valence-electron chi connectivity index (χ2n) is 3.95. The molecule has 0 saturated carbocycles. The van der Waals surface area contributed by atoms with Gasteiger partial charge in [0.25, 0.3) is 11.6 Å². The SMILES string of the molecule is Cc1ccc(NC(=O)c2cc([N+](=O)[O-])c[nH]2)cc1Br. The molecule has 0 atom stereocenters. The Kier molecular flexibility index (Phi) is 3.66. The summed E-state index contributed by atoms with van der Waals surface area (Å²) in [7, 11) is 0. The molecule has 0 aliphatic rings. The molecule has 1 amide bonds. The van der Waals surface area contributed by atoms with Crippen LogP contribution in [0, 0.1) is 17.0 Å². The number of aromatic amines is 1. The summed E-state index contributed by atoms with van der Waals surface area (Å²) in [5.74, 6) is -0.427. The van der Waals surface area contributed by atoms with Crippen LogP contribution in [-0.2, 0) is 0 Å². The molecule has 0 spiro atoms. The van der Waals surface area contributed by atoms with E-state index < -0.39 is 10.8 Å². The lowest BCUT2D eigenvalue weighted by molar-refractivity contribution is -0.384. The van der Waals surface area contributed by atoms with Gasteiger partial charge in [-0.1, -0.05) is 22.0 Å². The quantitative estimate of drug-likeness (QED) is 0.671. The van der Waals surface area contributed by atoms with Gasteiger partial charge in [-0.15, -0.1) is 0 Å². The van der Waals surface area contributed by atoms with Crippen molar-refractivity contribution in [2.24, 2.45) is 0 Å². The number of carbonyl (C=O) groups excluding carboxylic acids is 1. The van der Waals surface area contributed by atoms with Crippen molar-refractivity contribution in [3.63, 3.8) is 0 Å². The van der Waals surface area contributed by atoms with Crippen molar-refractivity contribution in [1.82, 2.24) is 4.98 Å². The first-order chi connectivity index (χ1) is 8.97. The smallest absolute Gasteiger partial charge is 0.287 e. The van der Waals surface area contributed by atoms with Crippen molar-refractivity contribution in [3.8, 4) is 0 Å². The van der Waals surface area contributed by atoms with Crippen molar-refractivity contribution in [2.75, 3.05) is 5.32 Å². The number of carbonyl (C=O) groups is 1. The molecule has 1 aromatic heterocycles. The number of anilines is 1. The fraction of sp³-hybridized carbons (Fsp3) is 0.0833. The highest BCUT2D eigenvalue weighted by atomic mass is 79.9. The van der Waals surface area contributed by atoms with Crippen LogP contribution in [-0.4, -0.2) is 15.8 Å². The molecule has 7 heteroatoms. The predicted octanol–water partition coefficient (Wildman–Crippen LogP) is 3.25. The molecule has 0 saturated heterocycles. The van der Waals surface area contributed by atoms with E-state index in [1.54, 1.807) is 12.1 Å². The van der Waals surface area contributed by atoms with Crippen LogP contribution >= 0.6 is 15.9 Å². The zero-order valence-electron chi connectivity index (χ0n) is 9.94. The second kappa shape index (κ2) is 5.23. The van der Waals surface area contributed by atoms with E-state index in [9.17, 15) is 14.9 Å². The minimum atomic E-state index is -0.560. The number of hydrogen-bond donors (Lipinski definition) is 2. The van der Waals surface area contributed by atoms with Gasteiger partial charge in [-0.25, -0.2) is 0 Å². The van der Waals surface area contributed by atoms with Gasteiger partial charge in [0.2, 0.25) is 0 Å². The molecule has 1 heterocycles. The van der Waals surface area contributed by atoms with Gasteiger partial charge in [0.05, 0.1) is 11.1 Å². The summed E-state index contributed by atoms with van der Waals surface area (Å²) in [6.07, 6.45) is 1.18. The summed E-state index contributed by atoms with van der Waals surface area (Å²) in [4.78, 5) is 24.4. The van der Waals surface area contributed by atoms with Crippen molar-refractivity contribution >= 4 is 33.2 Å². The van der Waals surface area contributed by atoms with Crippen molar-refractivity contribution in [1.29, 1.82) is 0 Å². The highest BCUT2D eigenvalue weighted by Gasteiger charge is 2.14. The van der Waals surface area contributed by atoms with E-state index in [1.165, 1.54) is 12.3 Å². The Labute approximate surface area is 117 Å². The Balaban J connectivity index is 2.15. The molecule has 0 aliphatic heterocycles. The summed E-state index contributed by atoms with van der Waals surface area (Å²) in [6.45, 7) is 1.93. The Hall–Kier alpha value is -2.15. The van der Waals surface area contributed by atoms with Crippen LogP contribution in [0.25, 0.3) is 0 Å². The normalized spacial score (nSPS) is 10.2. The molecule has 0 aliphatic carbocycles. The Morgan fingerprint density at radius 2 is 2.16 bits per heavy atom. The standard InChI is InChI=1S/C12H10BrN3O3/c1-7-2-3-8(4-10(7)13)15-12(17)11-5-9(6-14-11)16(18)19/h2-6,14H,1H3,(H,15,17). The number of hydrogen-bond acceptors (Lipinski definition) is 3. The monoisotopic (exact) mass is 323 g/mol. The summed E-state index contributed by atoms with van der Waals surface area (Å²) < 4.78 is 0.878. The maximum Gasteiger partial charge on any atom is 0.287 e. The Morgan fingerprint density at radius 1 is 1.42 bits per heavy atom. The van der Waals surface area contributed by atoms with E-state index in [0.717, 1.165) is 10.0 Å². The van der Waals surface area contributed by atoms with E-state index in [0.29, 0.717) is 5.69 Å². The van der Waals surface area contributed by atoms with Gasteiger partial charge in [0.15, 0.2) is 0 Å². The third kappa shape index (κ3) is 3.00. The van der Waals surface area contributed by atoms with E-state index in [4.69, 9.17) is 0 Å². The Morgan fingerprint density at radius 3 is 2.74 bits per heavy atom. The fourth-order valence-electron chi connectivity index (χ4n) is 1.49. The molecule has 6 nitrogen and oxygen atoms in total. The van der Waals surface area contributed by atoms with Crippen LogP contribution in [0.1, 0.15) is 16.1 Å². The fourth-order valence-corrected chi connectivity index (χ4v) is 1.87.